The minimum Gasteiger partial charge on any atom is -0.354 e. The lowest BCUT2D eigenvalue weighted by Crippen LogP contribution is -2.49. The average Bonchev–Trinajstić information content (AvgIpc) is 3.25. The first-order chi connectivity index (χ1) is 9.50. The van der Waals surface area contributed by atoms with E-state index in [4.69, 9.17) is 5.73 Å². The third kappa shape index (κ3) is 4.21. The van der Waals surface area contributed by atoms with Gasteiger partial charge in [-0.2, -0.15) is 0 Å². The maximum atomic E-state index is 12.2. The zero-order chi connectivity index (χ0) is 14.8. The van der Waals surface area contributed by atoms with Crippen LogP contribution in [-0.2, 0) is 4.79 Å². The molecule has 1 saturated carbocycles. The third-order valence-electron chi connectivity index (χ3n) is 4.74. The topological polar surface area (TPSA) is 55.1 Å². The lowest BCUT2D eigenvalue weighted by molar-refractivity contribution is -0.122. The fourth-order valence-electron chi connectivity index (χ4n) is 2.73. The van der Waals surface area contributed by atoms with Crippen LogP contribution in [0, 0.1) is 12.8 Å². The van der Waals surface area contributed by atoms with Gasteiger partial charge in [0.25, 0.3) is 0 Å². The van der Waals surface area contributed by atoms with E-state index in [0.29, 0.717) is 12.5 Å². The van der Waals surface area contributed by atoms with Crippen molar-refractivity contribution in [1.82, 2.24) is 5.32 Å². The van der Waals surface area contributed by atoms with E-state index in [9.17, 15) is 4.79 Å². The van der Waals surface area contributed by atoms with Crippen LogP contribution < -0.4 is 11.1 Å². The molecule has 3 nitrogen and oxygen atoms in total. The van der Waals surface area contributed by atoms with E-state index in [1.54, 1.807) is 0 Å². The van der Waals surface area contributed by atoms with Crippen LogP contribution in [0.15, 0.2) is 24.3 Å². The summed E-state index contributed by atoms with van der Waals surface area (Å²) in [6.07, 6.45) is 2.73. The van der Waals surface area contributed by atoms with Crippen LogP contribution in [-0.4, -0.2) is 18.0 Å². The molecule has 0 saturated heterocycles. The Morgan fingerprint density at radius 3 is 2.52 bits per heavy atom. The van der Waals surface area contributed by atoms with Crippen LogP contribution in [0.2, 0.25) is 0 Å². The van der Waals surface area contributed by atoms with Gasteiger partial charge in [0.2, 0.25) is 5.91 Å². The smallest absolute Gasteiger partial charge is 0.223 e. The number of aryl methyl sites for hydroxylation is 1. The fourth-order valence-corrected chi connectivity index (χ4v) is 2.73. The number of hydrogen-bond acceptors (Lipinski definition) is 2. The predicted octanol–water partition coefficient (Wildman–Crippen LogP) is 3.15. The monoisotopic (exact) mass is 310 g/mol. The number of benzene rings is 1. The first-order valence-corrected chi connectivity index (χ1v) is 7.63. The molecule has 4 heteroatoms. The number of amides is 1. The predicted molar refractivity (Wildman–Crippen MR) is 89.8 cm³/mol. The number of carbonyl (C=O) groups excluding carboxylic acids is 1. The standard InChI is InChI=1S/C17H26N2O.ClH/c1-4-17(18,5-2)11-19-16(20)15-10-14(15)13-9-7-6-8-12(13)3;/h6-9,14-15H,4-5,10-11,18H2,1-3H3,(H,19,20);1H. The molecule has 1 aliphatic carbocycles. The summed E-state index contributed by atoms with van der Waals surface area (Å²) in [5.74, 6) is 0.690. The van der Waals surface area contributed by atoms with Crippen molar-refractivity contribution in [2.45, 2.75) is 51.5 Å². The van der Waals surface area contributed by atoms with Gasteiger partial charge in [-0.25, -0.2) is 0 Å². The highest BCUT2D eigenvalue weighted by Gasteiger charge is 2.44. The van der Waals surface area contributed by atoms with Crippen molar-refractivity contribution in [3.8, 4) is 0 Å². The normalized spacial score (nSPS) is 20.6. The van der Waals surface area contributed by atoms with Gasteiger partial charge < -0.3 is 11.1 Å². The van der Waals surface area contributed by atoms with E-state index in [1.165, 1.54) is 11.1 Å². The second-order valence-electron chi connectivity index (χ2n) is 6.09. The van der Waals surface area contributed by atoms with Crippen molar-refractivity contribution in [2.24, 2.45) is 11.7 Å². The van der Waals surface area contributed by atoms with Crippen molar-refractivity contribution in [1.29, 1.82) is 0 Å². The van der Waals surface area contributed by atoms with Crippen molar-refractivity contribution < 1.29 is 4.79 Å². The molecule has 21 heavy (non-hydrogen) atoms. The van der Waals surface area contributed by atoms with Crippen LogP contribution in [0.1, 0.15) is 50.2 Å². The van der Waals surface area contributed by atoms with Crippen molar-refractivity contribution in [3.63, 3.8) is 0 Å². The summed E-state index contributed by atoms with van der Waals surface area (Å²) in [6.45, 7) is 6.84. The van der Waals surface area contributed by atoms with Crippen molar-refractivity contribution in [3.05, 3.63) is 35.4 Å². The second kappa shape index (κ2) is 7.28. The Bertz CT molecular complexity index is 485. The Kier molecular flexibility index (Phi) is 6.24. The SMILES string of the molecule is CCC(N)(CC)CNC(=O)C1CC1c1ccccc1C.Cl. The molecule has 3 N–H and O–H groups in total. The summed E-state index contributed by atoms with van der Waals surface area (Å²) in [5, 5.41) is 3.04. The molecule has 2 rings (SSSR count). The second-order valence-corrected chi connectivity index (χ2v) is 6.09. The highest BCUT2D eigenvalue weighted by Crippen LogP contribution is 2.48. The summed E-state index contributed by atoms with van der Waals surface area (Å²) in [4.78, 5) is 12.2. The number of nitrogens with one attached hydrogen (secondary N) is 1. The summed E-state index contributed by atoms with van der Waals surface area (Å²) >= 11 is 0. The molecule has 0 spiro atoms. The molecule has 2 unspecified atom stereocenters. The van der Waals surface area contributed by atoms with E-state index in [0.717, 1.165) is 19.3 Å². The molecular formula is C17H27ClN2O. The number of nitrogens with two attached hydrogens (primary N) is 1. The molecule has 1 amide bonds. The lowest BCUT2D eigenvalue weighted by atomic mass is 9.94. The number of halogens is 1. The fraction of sp³-hybridized carbons (Fsp3) is 0.588. The van der Waals surface area contributed by atoms with E-state index in [-0.39, 0.29) is 29.8 Å². The highest BCUT2D eigenvalue weighted by atomic mass is 35.5. The molecule has 2 atom stereocenters. The van der Waals surface area contributed by atoms with E-state index >= 15 is 0 Å². The van der Waals surface area contributed by atoms with Crippen LogP contribution in [0.3, 0.4) is 0 Å². The maximum absolute atomic E-state index is 12.2. The van der Waals surface area contributed by atoms with Crippen LogP contribution >= 0.6 is 12.4 Å². The summed E-state index contributed by atoms with van der Waals surface area (Å²) in [5.41, 5.74) is 8.56. The number of carbonyl (C=O) groups is 1. The number of hydrogen-bond donors (Lipinski definition) is 2. The number of rotatable bonds is 6. The molecule has 118 valence electrons. The van der Waals surface area contributed by atoms with Gasteiger partial charge in [-0.05, 0) is 43.2 Å². The Morgan fingerprint density at radius 2 is 1.95 bits per heavy atom. The molecule has 0 heterocycles. The third-order valence-corrected chi connectivity index (χ3v) is 4.74. The Balaban J connectivity index is 0.00000220. The first-order valence-electron chi connectivity index (χ1n) is 7.63. The largest absolute Gasteiger partial charge is 0.354 e. The Labute approximate surface area is 134 Å². The zero-order valence-corrected chi connectivity index (χ0v) is 14.0. The summed E-state index contributed by atoms with van der Waals surface area (Å²) < 4.78 is 0. The van der Waals surface area contributed by atoms with Crippen LogP contribution in [0.4, 0.5) is 0 Å². The minimum absolute atomic E-state index is 0. The zero-order valence-electron chi connectivity index (χ0n) is 13.2. The van der Waals surface area contributed by atoms with E-state index < -0.39 is 0 Å². The van der Waals surface area contributed by atoms with Gasteiger partial charge in [-0.15, -0.1) is 12.4 Å². The van der Waals surface area contributed by atoms with Gasteiger partial charge in [0.05, 0.1) is 0 Å². The molecule has 1 aliphatic rings. The molecule has 1 fully saturated rings. The molecule has 1 aromatic carbocycles. The maximum Gasteiger partial charge on any atom is 0.223 e. The molecular weight excluding hydrogens is 284 g/mol. The molecule has 0 radical (unpaired) electrons. The van der Waals surface area contributed by atoms with E-state index in [1.807, 2.05) is 6.07 Å². The van der Waals surface area contributed by atoms with Gasteiger partial charge in [0, 0.05) is 18.0 Å². The Morgan fingerprint density at radius 1 is 1.33 bits per heavy atom. The van der Waals surface area contributed by atoms with Crippen molar-refractivity contribution >= 4 is 18.3 Å². The van der Waals surface area contributed by atoms with Crippen LogP contribution in [0.5, 0.6) is 0 Å². The summed E-state index contributed by atoms with van der Waals surface area (Å²) in [6, 6.07) is 8.34. The summed E-state index contributed by atoms with van der Waals surface area (Å²) in [7, 11) is 0. The quantitative estimate of drug-likeness (QED) is 0.848. The van der Waals surface area contributed by atoms with E-state index in [2.05, 4.69) is 44.3 Å². The minimum atomic E-state index is -0.261. The van der Waals surface area contributed by atoms with Gasteiger partial charge in [-0.1, -0.05) is 38.1 Å². The first kappa shape index (κ1) is 18.0. The Hall–Kier alpha value is -1.06. The van der Waals surface area contributed by atoms with Gasteiger partial charge in [0.15, 0.2) is 0 Å². The van der Waals surface area contributed by atoms with Gasteiger partial charge in [0.1, 0.15) is 0 Å². The average molecular weight is 311 g/mol. The van der Waals surface area contributed by atoms with Gasteiger partial charge in [-0.3, -0.25) is 4.79 Å². The highest BCUT2D eigenvalue weighted by molar-refractivity contribution is 5.85. The van der Waals surface area contributed by atoms with Crippen LogP contribution in [0.25, 0.3) is 0 Å². The van der Waals surface area contributed by atoms with Crippen molar-refractivity contribution in [2.75, 3.05) is 6.54 Å². The molecule has 0 bridgehead atoms. The lowest BCUT2D eigenvalue weighted by Gasteiger charge is -2.26. The molecule has 1 aromatic rings. The molecule has 0 aliphatic heterocycles. The van der Waals surface area contributed by atoms with Gasteiger partial charge >= 0.3 is 0 Å². The molecule has 0 aromatic heterocycles.